The number of amides is 1. The highest BCUT2D eigenvalue weighted by atomic mass is 16.7. The van der Waals surface area contributed by atoms with Gasteiger partial charge in [-0.1, -0.05) is 40.0 Å². The second kappa shape index (κ2) is 13.1. The third kappa shape index (κ3) is 6.42. The van der Waals surface area contributed by atoms with Crippen molar-refractivity contribution in [1.29, 1.82) is 0 Å². The molecule has 2 unspecified atom stereocenters. The van der Waals surface area contributed by atoms with E-state index in [9.17, 15) is 14.7 Å². The molecule has 2 aliphatic rings. The number of aliphatic carboxylic acids is 1. The van der Waals surface area contributed by atoms with E-state index in [1.54, 1.807) is 7.11 Å². The molecular weight excluding hydrogens is 462 g/mol. The highest BCUT2D eigenvalue weighted by Crippen LogP contribution is 2.47. The maximum atomic E-state index is 13.4. The highest BCUT2D eigenvalue weighted by molar-refractivity contribution is 5.79. The molecule has 36 heavy (non-hydrogen) atoms. The second-order valence-electron chi connectivity index (χ2n) is 10.1. The van der Waals surface area contributed by atoms with Crippen molar-refractivity contribution in [2.24, 2.45) is 17.6 Å². The third-order valence-corrected chi connectivity index (χ3v) is 7.44. The number of hydrogen-bond donors (Lipinski definition) is 2. The van der Waals surface area contributed by atoms with Crippen molar-refractivity contribution >= 4 is 11.9 Å². The van der Waals surface area contributed by atoms with Crippen molar-refractivity contribution in [1.82, 2.24) is 9.80 Å². The van der Waals surface area contributed by atoms with Crippen molar-refractivity contribution in [2.45, 2.75) is 64.8 Å². The van der Waals surface area contributed by atoms with Gasteiger partial charge in [0.2, 0.25) is 18.4 Å². The van der Waals surface area contributed by atoms with E-state index in [2.05, 4.69) is 25.7 Å². The fourth-order valence-corrected chi connectivity index (χ4v) is 5.65. The number of rotatable bonds is 14. The first kappa shape index (κ1) is 28.1. The predicted octanol–water partition coefficient (Wildman–Crippen LogP) is 3.31. The van der Waals surface area contributed by atoms with Gasteiger partial charge in [0.25, 0.3) is 0 Å². The largest absolute Gasteiger partial charge is 0.493 e. The number of carboxylic acid groups (broad SMARTS) is 1. The summed E-state index contributed by atoms with van der Waals surface area (Å²) in [6.45, 7) is 8.76. The van der Waals surface area contributed by atoms with Gasteiger partial charge in [-0.15, -0.1) is 0 Å². The van der Waals surface area contributed by atoms with Gasteiger partial charge in [0.1, 0.15) is 0 Å². The van der Waals surface area contributed by atoms with Gasteiger partial charge < -0.3 is 30.0 Å². The van der Waals surface area contributed by atoms with Crippen LogP contribution in [0.25, 0.3) is 0 Å². The summed E-state index contributed by atoms with van der Waals surface area (Å²) in [5, 5.41) is 10.4. The number of carbonyl (C=O) groups excluding carboxylic acids is 1. The van der Waals surface area contributed by atoms with Crippen molar-refractivity contribution in [3.05, 3.63) is 17.7 Å². The number of carbonyl (C=O) groups is 2. The Morgan fingerprint density at radius 1 is 1.25 bits per heavy atom. The number of nitrogens with zero attached hydrogens (tertiary/aromatic N) is 2. The summed E-state index contributed by atoms with van der Waals surface area (Å²) in [4.78, 5) is 30.0. The Morgan fingerprint density at radius 3 is 2.67 bits per heavy atom. The smallest absolute Gasteiger partial charge is 0.308 e. The number of benzene rings is 1. The van der Waals surface area contributed by atoms with Crippen LogP contribution in [0.15, 0.2) is 12.1 Å². The molecule has 2 heterocycles. The van der Waals surface area contributed by atoms with Gasteiger partial charge >= 0.3 is 5.97 Å². The summed E-state index contributed by atoms with van der Waals surface area (Å²) in [7, 11) is 1.56. The summed E-state index contributed by atoms with van der Waals surface area (Å²) in [5.41, 5.74) is 6.62. The lowest BCUT2D eigenvalue weighted by atomic mass is 9.81. The van der Waals surface area contributed by atoms with Gasteiger partial charge in [-0.05, 0) is 36.5 Å². The van der Waals surface area contributed by atoms with Crippen LogP contribution in [-0.2, 0) is 9.59 Å². The molecule has 0 bridgehead atoms. The average Bonchev–Trinajstić information content (AvgIpc) is 3.46. The van der Waals surface area contributed by atoms with E-state index in [0.717, 1.165) is 37.7 Å². The van der Waals surface area contributed by atoms with Crippen molar-refractivity contribution in [2.75, 3.05) is 46.6 Å². The van der Waals surface area contributed by atoms with E-state index in [1.807, 2.05) is 17.0 Å². The first-order valence-corrected chi connectivity index (χ1v) is 13.3. The first-order chi connectivity index (χ1) is 17.3. The maximum Gasteiger partial charge on any atom is 0.308 e. The summed E-state index contributed by atoms with van der Waals surface area (Å²) >= 11 is 0. The summed E-state index contributed by atoms with van der Waals surface area (Å²) < 4.78 is 16.7. The number of likely N-dealkylation sites (tertiary alicyclic amines) is 1. The topological polar surface area (TPSA) is 115 Å². The normalized spacial score (nSPS) is 22.0. The zero-order chi connectivity index (χ0) is 26.2. The SMILES string of the molecule is CCCCN(CCN)C(=O)CN1C[C@H](c2cc(OC)c3c(c2)OCO3)C(C(=O)O)[C@@H]1CC(C)CCC. The molecule has 3 rings (SSSR count). The summed E-state index contributed by atoms with van der Waals surface area (Å²) in [6.07, 6.45) is 4.68. The number of fused-ring (bicyclic) bond motifs is 1. The van der Waals surface area contributed by atoms with Crippen LogP contribution >= 0.6 is 0 Å². The number of ether oxygens (including phenoxy) is 3. The fraction of sp³-hybridized carbons (Fsp3) is 0.704. The van der Waals surface area contributed by atoms with Gasteiger partial charge in [-0.2, -0.15) is 0 Å². The van der Waals surface area contributed by atoms with Crippen molar-refractivity contribution < 1.29 is 28.9 Å². The number of nitrogens with two attached hydrogens (primary N) is 1. The van der Waals surface area contributed by atoms with E-state index >= 15 is 0 Å². The molecule has 1 fully saturated rings. The molecule has 9 heteroatoms. The highest BCUT2D eigenvalue weighted by Gasteiger charge is 2.48. The van der Waals surface area contributed by atoms with Crippen LogP contribution < -0.4 is 19.9 Å². The Morgan fingerprint density at radius 2 is 2.03 bits per heavy atom. The van der Waals surface area contributed by atoms with Gasteiger partial charge in [0.05, 0.1) is 19.6 Å². The van der Waals surface area contributed by atoms with E-state index in [4.69, 9.17) is 19.9 Å². The minimum atomic E-state index is -0.843. The molecule has 0 aromatic heterocycles. The Labute approximate surface area is 214 Å². The van der Waals surface area contributed by atoms with Gasteiger partial charge in [0, 0.05) is 38.1 Å². The van der Waals surface area contributed by atoms with Crippen LogP contribution in [0.4, 0.5) is 0 Å². The van der Waals surface area contributed by atoms with Crippen molar-refractivity contribution in [3.63, 3.8) is 0 Å². The zero-order valence-corrected chi connectivity index (χ0v) is 22.2. The van der Waals surface area contributed by atoms with E-state index in [1.165, 1.54) is 0 Å². The Balaban J connectivity index is 1.93. The Kier molecular flexibility index (Phi) is 10.2. The molecule has 0 saturated carbocycles. The number of methoxy groups -OCH3 is 1. The molecule has 4 atom stereocenters. The fourth-order valence-electron chi connectivity index (χ4n) is 5.65. The van der Waals surface area contributed by atoms with Crippen molar-refractivity contribution in [3.8, 4) is 17.2 Å². The van der Waals surface area contributed by atoms with Gasteiger partial charge in [-0.25, -0.2) is 0 Å². The third-order valence-electron chi connectivity index (χ3n) is 7.44. The molecule has 202 valence electrons. The van der Waals surface area contributed by atoms with E-state index < -0.39 is 11.9 Å². The standard InChI is InChI=1S/C27H43N3O6/c1-5-7-10-29(11-9-28)24(31)16-30-15-20(25(27(32)33)21(30)12-18(3)8-6-2)19-13-22(34-4)26-23(14-19)35-17-36-26/h13-14,18,20-21,25H,5-12,15-17,28H2,1-4H3,(H,32,33)/t18?,20-,21+,25?/m1/s1. The molecule has 1 amide bonds. The summed E-state index contributed by atoms with van der Waals surface area (Å²) in [5.74, 6) is 0.192. The maximum absolute atomic E-state index is 13.4. The molecule has 1 saturated heterocycles. The van der Waals surface area contributed by atoms with Crippen LogP contribution in [-0.4, -0.2) is 79.5 Å². The second-order valence-corrected chi connectivity index (χ2v) is 10.1. The lowest BCUT2D eigenvalue weighted by molar-refractivity contribution is -0.144. The zero-order valence-electron chi connectivity index (χ0n) is 22.2. The lowest BCUT2D eigenvalue weighted by Crippen LogP contribution is -2.46. The number of hydrogen-bond acceptors (Lipinski definition) is 7. The van der Waals surface area contributed by atoms with E-state index in [-0.39, 0.29) is 31.2 Å². The first-order valence-electron chi connectivity index (χ1n) is 13.3. The summed E-state index contributed by atoms with van der Waals surface area (Å²) in [6, 6.07) is 3.47. The Bertz CT molecular complexity index is 895. The molecule has 1 aromatic carbocycles. The predicted molar refractivity (Wildman–Crippen MR) is 138 cm³/mol. The molecular formula is C27H43N3O6. The van der Waals surface area contributed by atoms with Crippen LogP contribution in [0.5, 0.6) is 17.2 Å². The minimum Gasteiger partial charge on any atom is -0.493 e. The molecule has 9 nitrogen and oxygen atoms in total. The van der Waals surface area contributed by atoms with E-state index in [0.29, 0.717) is 49.3 Å². The minimum absolute atomic E-state index is 0.00935. The molecule has 3 N–H and O–H groups in total. The number of unbranched alkanes of at least 4 members (excludes halogenated alkanes) is 1. The number of carboxylic acids is 1. The molecule has 1 aromatic rings. The molecule has 0 spiro atoms. The molecule has 2 aliphatic heterocycles. The van der Waals surface area contributed by atoms with Crippen LogP contribution in [0.2, 0.25) is 0 Å². The quantitative estimate of drug-likeness (QED) is 0.396. The molecule has 0 aliphatic carbocycles. The monoisotopic (exact) mass is 505 g/mol. The average molecular weight is 506 g/mol. The lowest BCUT2D eigenvalue weighted by Gasteiger charge is -2.31. The Hall–Kier alpha value is -2.52. The van der Waals surface area contributed by atoms with Gasteiger partial charge in [-0.3, -0.25) is 14.5 Å². The van der Waals surface area contributed by atoms with Crippen LogP contribution in [0, 0.1) is 11.8 Å². The van der Waals surface area contributed by atoms with Crippen LogP contribution in [0.1, 0.15) is 64.4 Å². The van der Waals surface area contributed by atoms with Gasteiger partial charge in [0.15, 0.2) is 11.5 Å². The molecule has 0 radical (unpaired) electrons. The van der Waals surface area contributed by atoms with Crippen LogP contribution in [0.3, 0.4) is 0 Å².